The second-order valence-corrected chi connectivity index (χ2v) is 6.21. The molecule has 0 heterocycles. The Hall–Kier alpha value is -0.0800. The summed E-state index contributed by atoms with van der Waals surface area (Å²) in [6.07, 6.45) is 5.57. The SMILES string of the molecule is CC1CCCC(N(C)CC(C)(C)CN)C1. The molecule has 0 radical (unpaired) electrons. The average Bonchev–Trinajstić information content (AvgIpc) is 2.17. The van der Waals surface area contributed by atoms with Crippen LogP contribution in [0.5, 0.6) is 0 Å². The second kappa shape index (κ2) is 5.31. The van der Waals surface area contributed by atoms with E-state index in [1.54, 1.807) is 0 Å². The van der Waals surface area contributed by atoms with Crippen molar-refractivity contribution in [2.75, 3.05) is 20.1 Å². The van der Waals surface area contributed by atoms with Gasteiger partial charge in [-0.25, -0.2) is 0 Å². The highest BCUT2D eigenvalue weighted by Gasteiger charge is 2.26. The van der Waals surface area contributed by atoms with Gasteiger partial charge in [-0.1, -0.05) is 33.6 Å². The third-order valence-corrected chi connectivity index (χ3v) is 3.76. The molecule has 1 aliphatic rings. The summed E-state index contributed by atoms with van der Waals surface area (Å²) in [5, 5.41) is 0. The van der Waals surface area contributed by atoms with E-state index in [-0.39, 0.29) is 5.41 Å². The Morgan fingerprint density at radius 3 is 2.53 bits per heavy atom. The van der Waals surface area contributed by atoms with Crippen molar-refractivity contribution in [3.8, 4) is 0 Å². The van der Waals surface area contributed by atoms with Crippen LogP contribution < -0.4 is 5.73 Å². The molecule has 1 fully saturated rings. The number of nitrogens with two attached hydrogens (primary N) is 1. The molecule has 15 heavy (non-hydrogen) atoms. The van der Waals surface area contributed by atoms with E-state index in [1.807, 2.05) is 0 Å². The van der Waals surface area contributed by atoms with Gasteiger partial charge >= 0.3 is 0 Å². The lowest BCUT2D eigenvalue weighted by molar-refractivity contribution is 0.119. The van der Waals surface area contributed by atoms with Crippen LogP contribution in [0.2, 0.25) is 0 Å². The van der Waals surface area contributed by atoms with Gasteiger partial charge < -0.3 is 10.6 Å². The fourth-order valence-electron chi connectivity index (χ4n) is 2.67. The predicted octanol–water partition coefficient (Wildman–Crippen LogP) is 2.48. The Labute approximate surface area is 95.2 Å². The number of nitrogens with zero attached hydrogens (tertiary/aromatic N) is 1. The van der Waals surface area contributed by atoms with E-state index < -0.39 is 0 Å². The molecule has 2 unspecified atom stereocenters. The highest BCUT2D eigenvalue weighted by molar-refractivity contribution is 4.81. The van der Waals surface area contributed by atoms with Crippen LogP contribution in [0.25, 0.3) is 0 Å². The summed E-state index contributed by atoms with van der Waals surface area (Å²) in [4.78, 5) is 2.53. The first-order valence-electron chi connectivity index (χ1n) is 6.35. The molecule has 0 aromatic rings. The van der Waals surface area contributed by atoms with Gasteiger partial charge in [0.05, 0.1) is 0 Å². The van der Waals surface area contributed by atoms with Crippen LogP contribution in [0, 0.1) is 11.3 Å². The van der Waals surface area contributed by atoms with Crippen molar-refractivity contribution in [3.63, 3.8) is 0 Å². The summed E-state index contributed by atoms with van der Waals surface area (Å²) in [7, 11) is 2.26. The van der Waals surface area contributed by atoms with Crippen molar-refractivity contribution in [2.24, 2.45) is 17.1 Å². The quantitative estimate of drug-likeness (QED) is 0.776. The zero-order chi connectivity index (χ0) is 11.5. The number of hydrogen-bond acceptors (Lipinski definition) is 2. The topological polar surface area (TPSA) is 29.3 Å². The fourth-order valence-corrected chi connectivity index (χ4v) is 2.67. The van der Waals surface area contributed by atoms with Crippen molar-refractivity contribution in [3.05, 3.63) is 0 Å². The van der Waals surface area contributed by atoms with Crippen LogP contribution in [0.15, 0.2) is 0 Å². The monoisotopic (exact) mass is 212 g/mol. The smallest absolute Gasteiger partial charge is 0.00949 e. The Bertz CT molecular complexity index is 189. The molecule has 0 spiro atoms. The van der Waals surface area contributed by atoms with Crippen LogP contribution >= 0.6 is 0 Å². The zero-order valence-corrected chi connectivity index (χ0v) is 10.9. The van der Waals surface area contributed by atoms with Gasteiger partial charge in [0.2, 0.25) is 0 Å². The maximum absolute atomic E-state index is 5.78. The van der Waals surface area contributed by atoms with Crippen molar-refractivity contribution < 1.29 is 0 Å². The highest BCUT2D eigenvalue weighted by Crippen LogP contribution is 2.28. The number of rotatable bonds is 4. The summed E-state index contributed by atoms with van der Waals surface area (Å²) in [6.45, 7) is 8.81. The fraction of sp³-hybridized carbons (Fsp3) is 1.00. The van der Waals surface area contributed by atoms with Gasteiger partial charge in [-0.15, -0.1) is 0 Å². The maximum atomic E-state index is 5.78. The third kappa shape index (κ3) is 4.12. The molecule has 2 heteroatoms. The Morgan fingerprint density at radius 2 is 2.00 bits per heavy atom. The second-order valence-electron chi connectivity index (χ2n) is 6.21. The minimum atomic E-state index is 0.259. The molecule has 1 aliphatic carbocycles. The van der Waals surface area contributed by atoms with Gasteiger partial charge in [0.25, 0.3) is 0 Å². The molecule has 1 saturated carbocycles. The van der Waals surface area contributed by atoms with E-state index in [9.17, 15) is 0 Å². The lowest BCUT2D eigenvalue weighted by Gasteiger charge is -2.38. The van der Waals surface area contributed by atoms with Crippen LogP contribution in [0.4, 0.5) is 0 Å². The minimum absolute atomic E-state index is 0.259. The van der Waals surface area contributed by atoms with E-state index in [0.717, 1.165) is 25.0 Å². The molecular formula is C13H28N2. The van der Waals surface area contributed by atoms with Gasteiger partial charge in [-0.05, 0) is 37.8 Å². The van der Waals surface area contributed by atoms with E-state index >= 15 is 0 Å². The minimum Gasteiger partial charge on any atom is -0.330 e. The summed E-state index contributed by atoms with van der Waals surface area (Å²) >= 11 is 0. The molecule has 0 saturated heterocycles. The summed E-state index contributed by atoms with van der Waals surface area (Å²) in [5.74, 6) is 0.909. The average molecular weight is 212 g/mol. The van der Waals surface area contributed by atoms with E-state index in [2.05, 4.69) is 32.7 Å². The molecule has 0 aromatic carbocycles. The first kappa shape index (κ1) is 13.0. The molecule has 2 nitrogen and oxygen atoms in total. The van der Waals surface area contributed by atoms with E-state index in [4.69, 9.17) is 5.73 Å². The van der Waals surface area contributed by atoms with Gasteiger partial charge in [0.15, 0.2) is 0 Å². The van der Waals surface area contributed by atoms with Gasteiger partial charge in [-0.3, -0.25) is 0 Å². The van der Waals surface area contributed by atoms with Gasteiger partial charge in [0, 0.05) is 12.6 Å². The van der Waals surface area contributed by atoms with Gasteiger partial charge in [-0.2, -0.15) is 0 Å². The van der Waals surface area contributed by atoms with E-state index in [0.29, 0.717) is 0 Å². The lowest BCUT2D eigenvalue weighted by Crippen LogP contribution is -2.43. The summed E-state index contributed by atoms with van der Waals surface area (Å²) in [6, 6.07) is 0.791. The predicted molar refractivity (Wildman–Crippen MR) is 66.9 cm³/mol. The van der Waals surface area contributed by atoms with Crippen molar-refractivity contribution in [2.45, 2.75) is 52.5 Å². The van der Waals surface area contributed by atoms with Crippen LogP contribution in [-0.4, -0.2) is 31.1 Å². The molecule has 2 atom stereocenters. The molecule has 2 N–H and O–H groups in total. The Balaban J connectivity index is 2.42. The van der Waals surface area contributed by atoms with E-state index in [1.165, 1.54) is 25.7 Å². The standard InChI is InChI=1S/C13H28N2/c1-11-6-5-7-12(8-11)15(4)10-13(2,3)9-14/h11-12H,5-10,14H2,1-4H3. The lowest BCUT2D eigenvalue weighted by atomic mass is 9.85. The summed E-state index contributed by atoms with van der Waals surface area (Å²) < 4.78 is 0. The Morgan fingerprint density at radius 1 is 1.33 bits per heavy atom. The third-order valence-electron chi connectivity index (χ3n) is 3.76. The zero-order valence-electron chi connectivity index (χ0n) is 10.9. The Kier molecular flexibility index (Phi) is 4.60. The molecular weight excluding hydrogens is 184 g/mol. The van der Waals surface area contributed by atoms with Crippen molar-refractivity contribution in [1.29, 1.82) is 0 Å². The molecule has 0 aromatic heterocycles. The summed E-state index contributed by atoms with van der Waals surface area (Å²) in [5.41, 5.74) is 6.04. The number of hydrogen-bond donors (Lipinski definition) is 1. The molecule has 90 valence electrons. The van der Waals surface area contributed by atoms with Crippen molar-refractivity contribution >= 4 is 0 Å². The molecule has 0 amide bonds. The van der Waals surface area contributed by atoms with Crippen molar-refractivity contribution in [1.82, 2.24) is 4.90 Å². The molecule has 1 rings (SSSR count). The first-order valence-corrected chi connectivity index (χ1v) is 6.35. The molecule has 0 aliphatic heterocycles. The normalized spacial score (nSPS) is 28.4. The van der Waals surface area contributed by atoms with Gasteiger partial charge in [0.1, 0.15) is 0 Å². The maximum Gasteiger partial charge on any atom is 0.00949 e. The van der Waals surface area contributed by atoms with Crippen LogP contribution in [-0.2, 0) is 0 Å². The largest absolute Gasteiger partial charge is 0.330 e. The van der Waals surface area contributed by atoms with Crippen LogP contribution in [0.3, 0.4) is 0 Å². The molecule has 0 bridgehead atoms. The van der Waals surface area contributed by atoms with Crippen LogP contribution in [0.1, 0.15) is 46.5 Å². The first-order chi connectivity index (χ1) is 6.94. The highest BCUT2D eigenvalue weighted by atomic mass is 15.1.